The Kier molecular flexibility index (Phi) is 7.08. The summed E-state index contributed by atoms with van der Waals surface area (Å²) in [6, 6.07) is 61.4. The molecule has 0 atom stereocenters. The number of hydrogen-bond acceptors (Lipinski definition) is 4. The van der Waals surface area contributed by atoms with Crippen LogP contribution < -0.4 is 30.2 Å². The molecule has 1 aliphatic rings. The molecule has 6 heteroatoms. The van der Waals surface area contributed by atoms with Crippen LogP contribution in [0.3, 0.4) is 0 Å². The van der Waals surface area contributed by atoms with Gasteiger partial charge in [0.15, 0.2) is 8.07 Å². The van der Waals surface area contributed by atoms with E-state index in [9.17, 15) is 0 Å². The van der Waals surface area contributed by atoms with Crippen LogP contribution in [-0.2, 0) is 0 Å². The number of ether oxygens (including phenoxy) is 2. The minimum absolute atomic E-state index is 0.731. The molecule has 6 aromatic carbocycles. The molecular weight excluding hydrogens is 655 g/mol. The average Bonchev–Trinajstić information content (AvgIpc) is 3.56. The Hall–Kier alpha value is -6.76. The van der Waals surface area contributed by atoms with Crippen LogP contribution in [0.25, 0.3) is 38.9 Å². The molecule has 0 aliphatic carbocycles. The molecule has 0 unspecified atom stereocenters. The highest BCUT2D eigenvalue weighted by Crippen LogP contribution is 2.38. The Morgan fingerprint density at radius 3 is 2.04 bits per heavy atom. The van der Waals surface area contributed by atoms with Crippen molar-refractivity contribution in [2.75, 3.05) is 0 Å². The van der Waals surface area contributed by atoms with Crippen LogP contribution in [0.4, 0.5) is 0 Å². The summed E-state index contributed by atoms with van der Waals surface area (Å²) < 4.78 is 15.6. The summed E-state index contributed by atoms with van der Waals surface area (Å²) in [6.07, 6.45) is 3.74. The van der Waals surface area contributed by atoms with Crippen molar-refractivity contribution in [2.24, 2.45) is 0 Å². The molecule has 0 saturated heterocycles. The fraction of sp³-hybridized carbons (Fsp3) is 0. The van der Waals surface area contributed by atoms with Gasteiger partial charge in [-0.1, -0.05) is 121 Å². The normalized spacial score (nSPS) is 12.9. The van der Waals surface area contributed by atoms with Gasteiger partial charge in [-0.15, -0.1) is 0 Å². The van der Waals surface area contributed by atoms with E-state index >= 15 is 0 Å². The first-order valence-corrected chi connectivity index (χ1v) is 19.4. The molecule has 5 nitrogen and oxygen atoms in total. The van der Waals surface area contributed by atoms with Crippen molar-refractivity contribution in [2.45, 2.75) is 0 Å². The van der Waals surface area contributed by atoms with Gasteiger partial charge in [0.2, 0.25) is 0 Å². The van der Waals surface area contributed by atoms with E-state index in [1.807, 2.05) is 60.8 Å². The van der Waals surface area contributed by atoms with Gasteiger partial charge >= 0.3 is 0 Å². The van der Waals surface area contributed by atoms with E-state index in [0.29, 0.717) is 0 Å². The van der Waals surface area contributed by atoms with Crippen molar-refractivity contribution in [1.29, 1.82) is 0 Å². The molecule has 0 radical (unpaired) electrons. The van der Waals surface area contributed by atoms with Crippen LogP contribution in [0.15, 0.2) is 188 Å². The molecule has 0 saturated carbocycles. The summed E-state index contributed by atoms with van der Waals surface area (Å²) in [5.41, 5.74) is 4.80. The van der Waals surface area contributed by atoms with Crippen molar-refractivity contribution in [3.63, 3.8) is 0 Å². The molecule has 0 amide bonds. The highest BCUT2D eigenvalue weighted by Gasteiger charge is 2.49. The maximum atomic E-state index is 6.81. The van der Waals surface area contributed by atoms with Crippen LogP contribution in [0, 0.1) is 0 Å². The van der Waals surface area contributed by atoms with Gasteiger partial charge in [0.25, 0.3) is 0 Å². The Balaban J connectivity index is 1.21. The molecule has 10 rings (SSSR count). The highest BCUT2D eigenvalue weighted by atomic mass is 28.3. The van der Waals surface area contributed by atoms with E-state index in [-0.39, 0.29) is 0 Å². The van der Waals surface area contributed by atoms with Crippen LogP contribution >= 0.6 is 0 Å². The quantitative estimate of drug-likeness (QED) is 0.165. The van der Waals surface area contributed by atoms with Crippen molar-refractivity contribution in [1.82, 2.24) is 14.5 Å². The van der Waals surface area contributed by atoms with Crippen LogP contribution in [0.1, 0.15) is 0 Å². The standard InChI is InChI=1S/C46H31N3O2Si/c1-3-19-36(20-4-1)52(37-21-5-2-6-22-37)43-27-10-9-26-41(43)51-42-31-48-46-44(45(42)52)38-23-7-8-25-40(38)49(46)33-16-14-18-35(30-33)50-34-17-13-15-32(29-34)39-24-11-12-28-47-39/h1-31H. The average molecular weight is 686 g/mol. The van der Waals surface area contributed by atoms with E-state index in [1.165, 1.54) is 20.7 Å². The lowest BCUT2D eigenvalue weighted by atomic mass is 10.1. The lowest BCUT2D eigenvalue weighted by molar-refractivity contribution is 0.482. The Labute approximate surface area is 302 Å². The Bertz CT molecular complexity index is 2710. The summed E-state index contributed by atoms with van der Waals surface area (Å²) in [6.45, 7) is 0. The first-order chi connectivity index (χ1) is 25.8. The van der Waals surface area contributed by atoms with Crippen molar-refractivity contribution >= 4 is 50.8 Å². The number of hydrogen-bond donors (Lipinski definition) is 0. The molecule has 3 aromatic heterocycles. The minimum atomic E-state index is -2.95. The molecule has 0 fully saturated rings. The molecule has 9 aromatic rings. The topological polar surface area (TPSA) is 49.2 Å². The van der Waals surface area contributed by atoms with Gasteiger partial charge in [-0.3, -0.25) is 9.55 Å². The Morgan fingerprint density at radius 1 is 0.558 bits per heavy atom. The molecule has 1 aliphatic heterocycles. The zero-order valence-corrected chi connectivity index (χ0v) is 29.1. The fourth-order valence-corrected chi connectivity index (χ4v) is 13.1. The smallest absolute Gasteiger partial charge is 0.189 e. The van der Waals surface area contributed by atoms with E-state index in [4.69, 9.17) is 14.5 Å². The summed E-state index contributed by atoms with van der Waals surface area (Å²) in [5.74, 6) is 3.16. The van der Waals surface area contributed by atoms with Gasteiger partial charge in [0, 0.05) is 33.8 Å². The maximum absolute atomic E-state index is 6.81. The van der Waals surface area contributed by atoms with Gasteiger partial charge in [-0.05, 0) is 64.1 Å². The van der Waals surface area contributed by atoms with Gasteiger partial charge in [-0.25, -0.2) is 4.98 Å². The van der Waals surface area contributed by atoms with Crippen molar-refractivity contribution in [3.05, 3.63) is 188 Å². The maximum Gasteiger partial charge on any atom is 0.189 e. The minimum Gasteiger partial charge on any atom is -0.457 e. The summed E-state index contributed by atoms with van der Waals surface area (Å²) >= 11 is 0. The monoisotopic (exact) mass is 685 g/mol. The first kappa shape index (κ1) is 30.1. The number of fused-ring (bicyclic) bond motifs is 6. The zero-order chi connectivity index (χ0) is 34.5. The van der Waals surface area contributed by atoms with Crippen LogP contribution in [-0.4, -0.2) is 22.6 Å². The second-order valence-electron chi connectivity index (χ2n) is 13.0. The van der Waals surface area contributed by atoms with Gasteiger partial charge in [0.05, 0.1) is 23.1 Å². The van der Waals surface area contributed by atoms with Crippen LogP contribution in [0.5, 0.6) is 23.0 Å². The number of benzene rings is 6. The third kappa shape index (κ3) is 4.69. The van der Waals surface area contributed by atoms with E-state index in [0.717, 1.165) is 61.9 Å². The first-order valence-electron chi connectivity index (χ1n) is 17.4. The number of pyridine rings is 2. The third-order valence-corrected chi connectivity index (χ3v) is 14.9. The zero-order valence-electron chi connectivity index (χ0n) is 28.1. The van der Waals surface area contributed by atoms with E-state index in [1.54, 1.807) is 6.20 Å². The molecule has 52 heavy (non-hydrogen) atoms. The molecule has 246 valence electrons. The summed E-state index contributed by atoms with van der Waals surface area (Å²) in [4.78, 5) is 9.73. The second-order valence-corrected chi connectivity index (χ2v) is 16.7. The fourth-order valence-electron chi connectivity index (χ4n) is 7.95. The summed E-state index contributed by atoms with van der Waals surface area (Å²) in [5, 5.41) is 7.27. The van der Waals surface area contributed by atoms with Crippen LogP contribution in [0.2, 0.25) is 0 Å². The van der Waals surface area contributed by atoms with E-state index < -0.39 is 8.07 Å². The van der Waals surface area contributed by atoms with Gasteiger partial charge < -0.3 is 9.47 Å². The van der Waals surface area contributed by atoms with Gasteiger partial charge in [0.1, 0.15) is 28.6 Å². The molecule has 0 spiro atoms. The molecular formula is C46H31N3O2Si. The largest absolute Gasteiger partial charge is 0.457 e. The predicted molar refractivity (Wildman–Crippen MR) is 212 cm³/mol. The van der Waals surface area contributed by atoms with Crippen molar-refractivity contribution < 1.29 is 9.47 Å². The highest BCUT2D eigenvalue weighted by molar-refractivity contribution is 7.21. The number of aromatic nitrogens is 3. The number of rotatable bonds is 6. The van der Waals surface area contributed by atoms with E-state index in [2.05, 4.69) is 131 Å². The molecule has 0 bridgehead atoms. The lowest BCUT2D eigenvalue weighted by Gasteiger charge is -2.39. The van der Waals surface area contributed by atoms with Crippen molar-refractivity contribution in [3.8, 4) is 39.9 Å². The number of para-hydroxylation sites is 2. The number of nitrogens with zero attached hydrogens (tertiary/aromatic N) is 3. The molecule has 0 N–H and O–H groups in total. The second kappa shape index (κ2) is 12.2. The predicted octanol–water partition coefficient (Wildman–Crippen LogP) is 8.52. The van der Waals surface area contributed by atoms with Gasteiger partial charge in [-0.2, -0.15) is 0 Å². The lowest BCUT2D eigenvalue weighted by Crippen LogP contribution is -2.76. The molecule has 4 heterocycles. The Morgan fingerprint density at radius 2 is 1.25 bits per heavy atom. The third-order valence-electron chi connectivity index (χ3n) is 10.1. The SMILES string of the molecule is c1ccc([Si]2(c3ccccc3)c3ccccc3Oc3cnc4c(c32)c2ccccc2n4-c2cccc(Oc3cccc(-c4ccccn4)c3)c2)cc1. The summed E-state index contributed by atoms with van der Waals surface area (Å²) in [7, 11) is -2.95.